The van der Waals surface area contributed by atoms with Crippen molar-refractivity contribution < 1.29 is 9.84 Å². The number of hydrogen-bond donors (Lipinski definition) is 2. The molecule has 1 saturated heterocycles. The van der Waals surface area contributed by atoms with Gasteiger partial charge in [0.1, 0.15) is 11.9 Å². The lowest BCUT2D eigenvalue weighted by atomic mass is 9.57. The van der Waals surface area contributed by atoms with Crippen LogP contribution in [0.3, 0.4) is 0 Å². The summed E-state index contributed by atoms with van der Waals surface area (Å²) in [5, 5.41) is 13.4. The van der Waals surface area contributed by atoms with Crippen LogP contribution in [-0.2, 0) is 11.8 Å². The molecule has 0 unspecified atom stereocenters. The number of benzene rings is 1. The second-order valence-electron chi connectivity index (χ2n) is 6.70. The Morgan fingerprint density at radius 2 is 2.29 bits per heavy atom. The fraction of sp³-hybridized carbons (Fsp3) is 0.444. The zero-order valence-corrected chi connectivity index (χ0v) is 12.1. The van der Waals surface area contributed by atoms with Gasteiger partial charge in [-0.05, 0) is 48.6 Å². The van der Waals surface area contributed by atoms with Crippen molar-refractivity contribution in [3.8, 4) is 5.75 Å². The Hall–Kier alpha value is -1.58. The first-order valence-electron chi connectivity index (χ1n) is 7.80. The van der Waals surface area contributed by atoms with E-state index in [0.717, 1.165) is 30.7 Å². The fourth-order valence-corrected chi connectivity index (χ4v) is 4.93. The number of piperidine rings is 1. The smallest absolute Gasteiger partial charge is 0.136 e. The number of aliphatic hydroxyl groups excluding tert-OH is 1. The van der Waals surface area contributed by atoms with Crippen LogP contribution in [0.4, 0.5) is 0 Å². The van der Waals surface area contributed by atoms with E-state index in [4.69, 9.17) is 4.74 Å². The van der Waals surface area contributed by atoms with Crippen molar-refractivity contribution in [2.75, 3.05) is 13.2 Å². The monoisotopic (exact) mass is 281 g/mol. The molecule has 3 nitrogen and oxygen atoms in total. The summed E-state index contributed by atoms with van der Waals surface area (Å²) in [4.78, 5) is 0. The van der Waals surface area contributed by atoms with Crippen molar-refractivity contribution in [3.63, 3.8) is 0 Å². The molecule has 21 heavy (non-hydrogen) atoms. The molecule has 108 valence electrons. The molecule has 3 heteroatoms. The third kappa shape index (κ3) is 1.23. The van der Waals surface area contributed by atoms with Crippen LogP contribution in [0.25, 0.3) is 0 Å². The minimum Gasteiger partial charge on any atom is -0.484 e. The summed E-state index contributed by atoms with van der Waals surface area (Å²) in [7, 11) is 0. The number of allylic oxidation sites excluding steroid dienone is 2. The Morgan fingerprint density at radius 3 is 3.14 bits per heavy atom. The molecule has 3 atom stereocenters. The summed E-state index contributed by atoms with van der Waals surface area (Å²) in [6.07, 6.45) is 6.41. The summed E-state index contributed by atoms with van der Waals surface area (Å²) >= 11 is 0. The van der Waals surface area contributed by atoms with E-state index in [0.29, 0.717) is 6.04 Å². The summed E-state index contributed by atoms with van der Waals surface area (Å²) in [5.74, 6) is 1.07. The maximum absolute atomic E-state index is 9.76. The summed E-state index contributed by atoms with van der Waals surface area (Å²) in [6.45, 7) is 3.23. The standard InChI is InChI=1S/C18H19NO2/c1-10-2-3-11-8-14-13-5-4-12(9-20)17-18(13,6-7-19-14)15(11)16(10)21-17/h2-5,14,17,19-20H,6-9H2,1H3/t14-,17+,18+/m0/s1. The molecule has 2 aliphatic carbocycles. The zero-order chi connectivity index (χ0) is 14.2. The molecule has 5 rings (SSSR count). The van der Waals surface area contributed by atoms with Gasteiger partial charge in [-0.25, -0.2) is 0 Å². The first-order chi connectivity index (χ1) is 10.3. The van der Waals surface area contributed by atoms with Crippen molar-refractivity contribution in [3.05, 3.63) is 52.1 Å². The zero-order valence-electron chi connectivity index (χ0n) is 12.1. The number of aryl methyl sites for hydroxylation is 1. The molecule has 2 N–H and O–H groups in total. The number of hydrogen-bond acceptors (Lipinski definition) is 3. The Morgan fingerprint density at radius 1 is 1.38 bits per heavy atom. The van der Waals surface area contributed by atoms with Gasteiger partial charge in [-0.2, -0.15) is 0 Å². The highest BCUT2D eigenvalue weighted by atomic mass is 16.5. The number of aliphatic hydroxyl groups is 1. The van der Waals surface area contributed by atoms with Crippen molar-refractivity contribution in [2.24, 2.45) is 0 Å². The number of rotatable bonds is 1. The van der Waals surface area contributed by atoms with Crippen LogP contribution >= 0.6 is 0 Å². The molecule has 2 aliphatic heterocycles. The Labute approximate surface area is 124 Å². The number of nitrogens with one attached hydrogen (secondary N) is 1. The summed E-state index contributed by atoms with van der Waals surface area (Å²) < 4.78 is 6.42. The van der Waals surface area contributed by atoms with Crippen molar-refractivity contribution in [1.29, 1.82) is 0 Å². The van der Waals surface area contributed by atoms with E-state index >= 15 is 0 Å². The molecule has 0 aromatic heterocycles. The molecule has 1 aromatic rings. The van der Waals surface area contributed by atoms with Gasteiger partial charge in [-0.1, -0.05) is 24.3 Å². The molecular weight excluding hydrogens is 262 g/mol. The maximum Gasteiger partial charge on any atom is 0.136 e. The van der Waals surface area contributed by atoms with E-state index in [1.165, 1.54) is 22.3 Å². The Kier molecular flexibility index (Phi) is 2.17. The van der Waals surface area contributed by atoms with Gasteiger partial charge in [0.05, 0.1) is 12.0 Å². The fourth-order valence-electron chi connectivity index (χ4n) is 4.93. The van der Waals surface area contributed by atoms with Gasteiger partial charge < -0.3 is 15.2 Å². The normalized spacial score (nSPS) is 34.8. The molecule has 2 bridgehead atoms. The highest BCUT2D eigenvalue weighted by molar-refractivity contribution is 5.66. The predicted molar refractivity (Wildman–Crippen MR) is 80.6 cm³/mol. The lowest BCUT2D eigenvalue weighted by Crippen LogP contribution is -2.58. The topological polar surface area (TPSA) is 41.5 Å². The Bertz CT molecular complexity index is 718. The average molecular weight is 281 g/mol. The second-order valence-corrected chi connectivity index (χ2v) is 6.70. The SMILES string of the molecule is Cc1ccc2c3c1O[C@@H]1C(CO)=CC=C4[C@H](C2)NCC[C@@]431. The first kappa shape index (κ1) is 12.0. The second kappa shape index (κ2) is 3.79. The van der Waals surface area contributed by atoms with Gasteiger partial charge in [0.15, 0.2) is 0 Å². The quantitative estimate of drug-likeness (QED) is 0.824. The van der Waals surface area contributed by atoms with Crippen LogP contribution in [-0.4, -0.2) is 30.4 Å². The molecule has 2 heterocycles. The van der Waals surface area contributed by atoms with E-state index in [-0.39, 0.29) is 18.1 Å². The van der Waals surface area contributed by atoms with Crippen LogP contribution in [0.5, 0.6) is 5.75 Å². The molecule has 1 aromatic carbocycles. The molecule has 0 radical (unpaired) electrons. The van der Waals surface area contributed by atoms with Crippen LogP contribution in [0.15, 0.2) is 35.4 Å². The molecule has 1 fully saturated rings. The van der Waals surface area contributed by atoms with Gasteiger partial charge in [0.2, 0.25) is 0 Å². The van der Waals surface area contributed by atoms with Gasteiger partial charge in [0, 0.05) is 11.6 Å². The minimum atomic E-state index is -0.0301. The van der Waals surface area contributed by atoms with Crippen molar-refractivity contribution >= 4 is 0 Å². The minimum absolute atomic E-state index is 0.0118. The van der Waals surface area contributed by atoms with Crippen molar-refractivity contribution in [1.82, 2.24) is 5.32 Å². The molecule has 1 spiro atoms. The van der Waals surface area contributed by atoms with E-state index in [9.17, 15) is 5.11 Å². The van der Waals surface area contributed by atoms with E-state index in [2.05, 4.69) is 36.5 Å². The first-order valence-corrected chi connectivity index (χ1v) is 7.80. The molecule has 0 amide bonds. The summed E-state index contributed by atoms with van der Waals surface area (Å²) in [6, 6.07) is 4.87. The average Bonchev–Trinajstić information content (AvgIpc) is 2.83. The van der Waals surface area contributed by atoms with E-state index < -0.39 is 0 Å². The van der Waals surface area contributed by atoms with Crippen LogP contribution < -0.4 is 10.1 Å². The number of ether oxygens (including phenoxy) is 1. The highest BCUT2D eigenvalue weighted by Gasteiger charge is 2.59. The molecule has 4 aliphatic rings. The van der Waals surface area contributed by atoms with Gasteiger partial charge in [-0.3, -0.25) is 0 Å². The largest absolute Gasteiger partial charge is 0.484 e. The van der Waals surface area contributed by atoms with Gasteiger partial charge in [0.25, 0.3) is 0 Å². The van der Waals surface area contributed by atoms with Gasteiger partial charge >= 0.3 is 0 Å². The predicted octanol–water partition coefficient (Wildman–Crippen LogP) is 1.77. The maximum atomic E-state index is 9.76. The van der Waals surface area contributed by atoms with Crippen molar-refractivity contribution in [2.45, 2.75) is 37.3 Å². The van der Waals surface area contributed by atoms with E-state index in [1.807, 2.05) is 0 Å². The van der Waals surface area contributed by atoms with Crippen LogP contribution in [0, 0.1) is 6.92 Å². The molecule has 0 saturated carbocycles. The Balaban J connectivity index is 1.87. The highest BCUT2D eigenvalue weighted by Crippen LogP contribution is 2.59. The van der Waals surface area contributed by atoms with Crippen LogP contribution in [0.2, 0.25) is 0 Å². The summed E-state index contributed by atoms with van der Waals surface area (Å²) in [5.41, 5.74) is 6.50. The van der Waals surface area contributed by atoms with Crippen LogP contribution in [0.1, 0.15) is 23.1 Å². The third-order valence-corrected chi connectivity index (χ3v) is 5.79. The van der Waals surface area contributed by atoms with E-state index in [1.54, 1.807) is 0 Å². The lowest BCUT2D eigenvalue weighted by molar-refractivity contribution is 0.149. The lowest BCUT2D eigenvalue weighted by Gasteiger charge is -2.50. The third-order valence-electron chi connectivity index (χ3n) is 5.79. The van der Waals surface area contributed by atoms with Gasteiger partial charge in [-0.15, -0.1) is 0 Å². The molecular formula is C18H19NO2.